The Hall–Kier alpha value is -0.890. The summed E-state index contributed by atoms with van der Waals surface area (Å²) in [7, 11) is 0. The molecule has 0 bridgehead atoms. The first kappa shape index (κ1) is 17.1. The second-order valence-electron chi connectivity index (χ2n) is 3.53. The highest BCUT2D eigenvalue weighted by Gasteiger charge is 2.81. The van der Waals surface area contributed by atoms with Crippen LogP contribution in [-0.4, -0.2) is 23.9 Å². The molecule has 0 unspecified atom stereocenters. The van der Waals surface area contributed by atoms with Gasteiger partial charge in [-0.3, -0.25) is 0 Å². The van der Waals surface area contributed by atoms with Gasteiger partial charge in [0.1, 0.15) is 0 Å². The molecule has 108 valence electrons. The molecule has 0 radical (unpaired) electrons. The number of halogens is 9. The molecular weight excluding hydrogens is 279 g/mol. The third-order valence-corrected chi connectivity index (χ3v) is 2.11. The van der Waals surface area contributed by atoms with Crippen LogP contribution >= 0.6 is 0 Å². The number of allylic oxidation sites excluding steroid dienone is 1. The van der Waals surface area contributed by atoms with Crippen molar-refractivity contribution < 1.29 is 39.5 Å². The minimum absolute atomic E-state index is 0.205. The molecule has 0 aliphatic heterocycles. The normalized spacial score (nSPS) is 14.7. The van der Waals surface area contributed by atoms with E-state index < -0.39 is 36.8 Å². The fourth-order valence-electron chi connectivity index (χ4n) is 1.03. The minimum atomic E-state index is -6.79. The second kappa shape index (κ2) is 5.00. The van der Waals surface area contributed by atoms with Gasteiger partial charge in [-0.15, -0.1) is 6.58 Å². The smallest absolute Gasteiger partial charge is 0.200 e. The predicted octanol–water partition coefficient (Wildman–Crippen LogP) is 4.81. The molecule has 0 saturated carbocycles. The van der Waals surface area contributed by atoms with E-state index in [0.29, 0.717) is 0 Å². The van der Waals surface area contributed by atoms with E-state index in [1.54, 1.807) is 0 Å². The van der Waals surface area contributed by atoms with E-state index in [1.807, 2.05) is 0 Å². The fourth-order valence-corrected chi connectivity index (χ4v) is 1.03. The quantitative estimate of drug-likeness (QED) is 0.374. The van der Waals surface area contributed by atoms with Gasteiger partial charge in [0.05, 0.1) is 0 Å². The van der Waals surface area contributed by atoms with Gasteiger partial charge in [0.25, 0.3) is 0 Å². The highest BCUT2D eigenvalue weighted by atomic mass is 19.4. The first-order valence-electron chi connectivity index (χ1n) is 4.62. The maximum atomic E-state index is 12.8. The van der Waals surface area contributed by atoms with Crippen LogP contribution in [0.4, 0.5) is 39.5 Å². The molecule has 9 heteroatoms. The summed E-state index contributed by atoms with van der Waals surface area (Å²) in [6, 6.07) is 0. The van der Waals surface area contributed by atoms with Crippen LogP contribution in [-0.2, 0) is 0 Å². The van der Waals surface area contributed by atoms with E-state index >= 15 is 0 Å². The van der Waals surface area contributed by atoms with Crippen LogP contribution in [0.1, 0.15) is 19.3 Å². The van der Waals surface area contributed by atoms with E-state index in [2.05, 4.69) is 6.58 Å². The lowest BCUT2D eigenvalue weighted by atomic mass is 9.99. The van der Waals surface area contributed by atoms with Gasteiger partial charge in [0.15, 0.2) is 0 Å². The molecule has 0 fully saturated rings. The zero-order valence-corrected chi connectivity index (χ0v) is 8.81. The summed E-state index contributed by atoms with van der Waals surface area (Å²) in [5, 5.41) is 0. The number of alkyl halides is 9. The van der Waals surface area contributed by atoms with Gasteiger partial charge in [-0.1, -0.05) is 6.08 Å². The molecule has 0 aliphatic rings. The lowest BCUT2D eigenvalue weighted by molar-refractivity contribution is -0.396. The Kier molecular flexibility index (Phi) is 4.76. The number of unbranched alkanes of at least 4 members (excludes halogenated alkanes) is 1. The van der Waals surface area contributed by atoms with Gasteiger partial charge < -0.3 is 0 Å². The summed E-state index contributed by atoms with van der Waals surface area (Å²) in [5.41, 5.74) is 0. The lowest BCUT2D eigenvalue weighted by Gasteiger charge is -2.33. The topological polar surface area (TPSA) is 0 Å². The van der Waals surface area contributed by atoms with Crippen molar-refractivity contribution in [2.24, 2.45) is 0 Å². The molecule has 0 spiro atoms. The van der Waals surface area contributed by atoms with Crippen molar-refractivity contribution in [1.29, 1.82) is 0 Å². The van der Waals surface area contributed by atoms with Crippen molar-refractivity contribution in [1.82, 2.24) is 0 Å². The molecular formula is C9H9F9. The first-order chi connectivity index (χ1) is 7.81. The minimum Gasteiger partial charge on any atom is -0.200 e. The molecule has 0 rings (SSSR count). The van der Waals surface area contributed by atoms with Crippen LogP contribution in [0.25, 0.3) is 0 Å². The van der Waals surface area contributed by atoms with Crippen molar-refractivity contribution in [2.45, 2.75) is 43.2 Å². The molecule has 0 aromatic carbocycles. The van der Waals surface area contributed by atoms with Crippen LogP contribution < -0.4 is 0 Å². The van der Waals surface area contributed by atoms with Crippen molar-refractivity contribution in [3.63, 3.8) is 0 Å². The Morgan fingerprint density at radius 1 is 0.778 bits per heavy atom. The fraction of sp³-hybridized carbons (Fsp3) is 0.778. The van der Waals surface area contributed by atoms with Crippen LogP contribution in [0.5, 0.6) is 0 Å². The monoisotopic (exact) mass is 288 g/mol. The zero-order chi connectivity index (χ0) is 14.8. The summed E-state index contributed by atoms with van der Waals surface area (Å²) in [5.74, 6) is -18.8. The van der Waals surface area contributed by atoms with Crippen LogP contribution in [0, 0.1) is 0 Å². The molecule has 0 aliphatic carbocycles. The van der Waals surface area contributed by atoms with Crippen molar-refractivity contribution in [3.05, 3.63) is 12.7 Å². The highest BCUT2D eigenvalue weighted by molar-refractivity contribution is 5.00. The molecule has 0 aromatic rings. The molecule has 0 amide bonds. The van der Waals surface area contributed by atoms with Gasteiger partial charge in [0.2, 0.25) is 0 Å². The van der Waals surface area contributed by atoms with Gasteiger partial charge in [-0.25, -0.2) is 0 Å². The molecule has 0 heterocycles. The third-order valence-electron chi connectivity index (χ3n) is 2.11. The van der Waals surface area contributed by atoms with Gasteiger partial charge in [-0.05, 0) is 12.8 Å². The maximum Gasteiger partial charge on any atom is 0.460 e. The number of rotatable bonds is 6. The standard InChI is InChI=1S/C9H9F9/c1-2-3-4-5-6(10,11)7(12,13)8(14,15)9(16,17)18/h2H,1,3-5H2. The van der Waals surface area contributed by atoms with E-state index in [-0.39, 0.29) is 6.42 Å². The van der Waals surface area contributed by atoms with E-state index in [4.69, 9.17) is 0 Å². The number of hydrogen-bond donors (Lipinski definition) is 0. The van der Waals surface area contributed by atoms with Crippen molar-refractivity contribution in [2.75, 3.05) is 0 Å². The average molecular weight is 288 g/mol. The maximum absolute atomic E-state index is 12.8. The predicted molar refractivity (Wildman–Crippen MR) is 44.9 cm³/mol. The van der Waals surface area contributed by atoms with Crippen LogP contribution in [0.15, 0.2) is 12.7 Å². The van der Waals surface area contributed by atoms with E-state index in [9.17, 15) is 39.5 Å². The SMILES string of the molecule is C=CCCCC(F)(F)C(F)(F)C(F)(F)C(F)(F)F. The summed E-state index contributed by atoms with van der Waals surface area (Å²) in [6.07, 6.45) is -8.38. The summed E-state index contributed by atoms with van der Waals surface area (Å²) in [6.45, 7) is 3.07. The van der Waals surface area contributed by atoms with Gasteiger partial charge >= 0.3 is 23.9 Å². The van der Waals surface area contributed by atoms with E-state index in [1.165, 1.54) is 0 Å². The largest absolute Gasteiger partial charge is 0.460 e. The first-order valence-corrected chi connectivity index (χ1v) is 4.62. The Morgan fingerprint density at radius 3 is 1.56 bits per heavy atom. The Bertz CT molecular complexity index is 289. The average Bonchev–Trinajstić information content (AvgIpc) is 2.15. The Labute approximate surface area is 96.5 Å². The van der Waals surface area contributed by atoms with Gasteiger partial charge in [0, 0.05) is 6.42 Å². The lowest BCUT2D eigenvalue weighted by Crippen LogP contribution is -2.60. The van der Waals surface area contributed by atoms with E-state index in [0.717, 1.165) is 6.08 Å². The van der Waals surface area contributed by atoms with Crippen molar-refractivity contribution >= 4 is 0 Å². The molecule has 0 saturated heterocycles. The molecule has 0 aromatic heterocycles. The summed E-state index contributed by atoms with van der Waals surface area (Å²) < 4.78 is 111. The van der Waals surface area contributed by atoms with Crippen LogP contribution in [0.2, 0.25) is 0 Å². The third kappa shape index (κ3) is 2.92. The zero-order valence-electron chi connectivity index (χ0n) is 8.81. The molecule has 0 N–H and O–H groups in total. The molecule has 0 atom stereocenters. The highest BCUT2D eigenvalue weighted by Crippen LogP contribution is 2.54. The molecule has 0 nitrogen and oxygen atoms in total. The Morgan fingerprint density at radius 2 is 1.22 bits per heavy atom. The summed E-state index contributed by atoms with van der Waals surface area (Å²) in [4.78, 5) is 0. The van der Waals surface area contributed by atoms with Crippen LogP contribution in [0.3, 0.4) is 0 Å². The molecule has 18 heavy (non-hydrogen) atoms. The number of hydrogen-bond acceptors (Lipinski definition) is 0. The summed E-state index contributed by atoms with van der Waals surface area (Å²) >= 11 is 0. The second-order valence-corrected chi connectivity index (χ2v) is 3.53. The Balaban J connectivity index is 5.16. The van der Waals surface area contributed by atoms with Crippen molar-refractivity contribution in [3.8, 4) is 0 Å². The van der Waals surface area contributed by atoms with Gasteiger partial charge in [-0.2, -0.15) is 39.5 Å².